The molecule has 0 radical (unpaired) electrons. The summed E-state index contributed by atoms with van der Waals surface area (Å²) >= 11 is 0. The van der Waals surface area contributed by atoms with Crippen LogP contribution in [0.15, 0.2) is 24.3 Å². The zero-order valence-electron chi connectivity index (χ0n) is 9.42. The van der Waals surface area contributed by atoms with Gasteiger partial charge in [-0.2, -0.15) is 0 Å². The normalized spacial score (nSPS) is 11.1. The molecular weight excluding hydrogens is 244 g/mol. The Bertz CT molecular complexity index is 492. The van der Waals surface area contributed by atoms with Crippen LogP contribution in [-0.4, -0.2) is 38.1 Å². The fraction of sp³-hybridized carbons (Fsp3) is 0.364. The third-order valence-electron chi connectivity index (χ3n) is 2.01. The van der Waals surface area contributed by atoms with E-state index in [9.17, 15) is 13.2 Å². The van der Waals surface area contributed by atoms with Crippen LogP contribution in [0.5, 0.6) is 5.75 Å². The minimum absolute atomic E-state index is 0.0611. The highest BCUT2D eigenvalue weighted by Gasteiger charge is 2.05. The molecule has 0 atom stereocenters. The van der Waals surface area contributed by atoms with Gasteiger partial charge in [0.05, 0.1) is 17.9 Å². The van der Waals surface area contributed by atoms with Crippen molar-refractivity contribution in [3.63, 3.8) is 0 Å². The molecule has 17 heavy (non-hydrogen) atoms. The van der Waals surface area contributed by atoms with E-state index in [2.05, 4.69) is 0 Å². The van der Waals surface area contributed by atoms with Gasteiger partial charge in [0, 0.05) is 6.26 Å². The molecule has 0 saturated heterocycles. The van der Waals surface area contributed by atoms with Gasteiger partial charge in [-0.15, -0.1) is 0 Å². The first-order valence-electron chi connectivity index (χ1n) is 5.02. The molecule has 0 unspecified atom stereocenters. The highest BCUT2D eigenvalue weighted by atomic mass is 32.2. The number of aromatic carboxylic acids is 1. The summed E-state index contributed by atoms with van der Waals surface area (Å²) in [6, 6.07) is 6.08. The number of carboxylic acids is 1. The summed E-state index contributed by atoms with van der Waals surface area (Å²) < 4.78 is 27.0. The Labute approximate surface area is 100.0 Å². The molecular formula is C11H14O5S. The molecule has 0 spiro atoms. The quantitative estimate of drug-likeness (QED) is 0.775. The van der Waals surface area contributed by atoms with Gasteiger partial charge >= 0.3 is 5.97 Å². The van der Waals surface area contributed by atoms with Crippen LogP contribution in [0.1, 0.15) is 16.8 Å². The van der Waals surface area contributed by atoms with Crippen molar-refractivity contribution in [1.82, 2.24) is 0 Å². The fourth-order valence-electron chi connectivity index (χ4n) is 1.23. The van der Waals surface area contributed by atoms with E-state index in [1.807, 2.05) is 0 Å². The van der Waals surface area contributed by atoms with Crippen molar-refractivity contribution in [1.29, 1.82) is 0 Å². The van der Waals surface area contributed by atoms with Crippen molar-refractivity contribution >= 4 is 15.8 Å². The summed E-state index contributed by atoms with van der Waals surface area (Å²) in [5.74, 6) is -0.531. The van der Waals surface area contributed by atoms with Crippen LogP contribution in [0.4, 0.5) is 0 Å². The Kier molecular flexibility index (Phi) is 4.51. The average molecular weight is 258 g/mol. The fourth-order valence-corrected chi connectivity index (χ4v) is 1.87. The van der Waals surface area contributed by atoms with Crippen molar-refractivity contribution in [3.8, 4) is 5.75 Å². The molecule has 0 saturated carbocycles. The maximum absolute atomic E-state index is 10.9. The van der Waals surface area contributed by atoms with Crippen LogP contribution in [0.3, 0.4) is 0 Å². The molecule has 0 aliphatic rings. The van der Waals surface area contributed by atoms with Crippen molar-refractivity contribution < 1.29 is 23.1 Å². The van der Waals surface area contributed by atoms with Gasteiger partial charge in [-0.25, -0.2) is 13.2 Å². The van der Waals surface area contributed by atoms with Crippen LogP contribution in [0.2, 0.25) is 0 Å². The minimum atomic E-state index is -2.97. The van der Waals surface area contributed by atoms with E-state index in [0.717, 1.165) is 6.26 Å². The lowest BCUT2D eigenvalue weighted by atomic mass is 10.2. The van der Waals surface area contributed by atoms with Crippen molar-refractivity contribution in [2.75, 3.05) is 18.6 Å². The minimum Gasteiger partial charge on any atom is -0.494 e. The zero-order chi connectivity index (χ0) is 12.9. The molecule has 0 aromatic heterocycles. The van der Waals surface area contributed by atoms with Gasteiger partial charge in [-0.3, -0.25) is 0 Å². The number of sulfone groups is 1. The van der Waals surface area contributed by atoms with Gasteiger partial charge in [0.15, 0.2) is 0 Å². The van der Waals surface area contributed by atoms with Gasteiger partial charge in [0.2, 0.25) is 0 Å². The largest absolute Gasteiger partial charge is 0.494 e. The van der Waals surface area contributed by atoms with Gasteiger partial charge < -0.3 is 9.84 Å². The number of hydrogen-bond donors (Lipinski definition) is 1. The summed E-state index contributed by atoms with van der Waals surface area (Å²) in [4.78, 5) is 10.7. The summed E-state index contributed by atoms with van der Waals surface area (Å²) in [7, 11) is -2.97. The van der Waals surface area contributed by atoms with Crippen molar-refractivity contribution in [3.05, 3.63) is 29.8 Å². The molecule has 5 nitrogen and oxygen atoms in total. The predicted molar refractivity (Wildman–Crippen MR) is 63.2 cm³/mol. The number of hydrogen-bond acceptors (Lipinski definition) is 4. The van der Waals surface area contributed by atoms with Crippen LogP contribution in [0, 0.1) is 0 Å². The maximum atomic E-state index is 10.9. The van der Waals surface area contributed by atoms with Crippen molar-refractivity contribution in [2.24, 2.45) is 0 Å². The van der Waals surface area contributed by atoms with E-state index < -0.39 is 15.8 Å². The Morgan fingerprint density at radius 1 is 1.41 bits per heavy atom. The Morgan fingerprint density at radius 3 is 2.71 bits per heavy atom. The molecule has 0 aliphatic heterocycles. The highest BCUT2D eigenvalue weighted by molar-refractivity contribution is 7.90. The Hall–Kier alpha value is -1.56. The summed E-state index contributed by atoms with van der Waals surface area (Å²) in [6.45, 7) is 0.246. The van der Waals surface area contributed by atoms with Crippen molar-refractivity contribution in [2.45, 2.75) is 6.42 Å². The lowest BCUT2D eigenvalue weighted by Gasteiger charge is -2.06. The zero-order valence-corrected chi connectivity index (χ0v) is 10.2. The average Bonchev–Trinajstić information content (AvgIpc) is 2.23. The van der Waals surface area contributed by atoms with Gasteiger partial charge in [-0.1, -0.05) is 6.07 Å². The molecule has 1 aromatic rings. The van der Waals surface area contributed by atoms with Crippen LogP contribution in [0.25, 0.3) is 0 Å². The Balaban J connectivity index is 2.47. The molecule has 0 fully saturated rings. The van der Waals surface area contributed by atoms with Crippen LogP contribution in [-0.2, 0) is 9.84 Å². The lowest BCUT2D eigenvalue weighted by molar-refractivity contribution is 0.0696. The standard InChI is InChI=1S/C11H14O5S/c1-17(14,15)7-3-6-16-10-5-2-4-9(8-10)11(12)13/h2,4-5,8H,3,6-7H2,1H3,(H,12,13). The second-order valence-electron chi connectivity index (χ2n) is 3.66. The molecule has 0 aliphatic carbocycles. The molecule has 94 valence electrons. The topological polar surface area (TPSA) is 80.7 Å². The second-order valence-corrected chi connectivity index (χ2v) is 5.92. The van der Waals surface area contributed by atoms with Gasteiger partial charge in [0.25, 0.3) is 0 Å². The number of carbonyl (C=O) groups is 1. The summed E-state index contributed by atoms with van der Waals surface area (Å²) in [5, 5.41) is 8.75. The molecule has 0 heterocycles. The van der Waals surface area contributed by atoms with Crippen LogP contribution < -0.4 is 4.74 Å². The predicted octanol–water partition coefficient (Wildman–Crippen LogP) is 1.20. The van der Waals surface area contributed by atoms with Crippen LogP contribution >= 0.6 is 0 Å². The van der Waals surface area contributed by atoms with E-state index in [1.54, 1.807) is 12.1 Å². The molecule has 6 heteroatoms. The lowest BCUT2D eigenvalue weighted by Crippen LogP contribution is -2.08. The van der Waals surface area contributed by atoms with E-state index in [0.29, 0.717) is 12.2 Å². The third kappa shape index (κ3) is 5.35. The number of rotatable bonds is 6. The number of ether oxygens (including phenoxy) is 1. The van der Waals surface area contributed by atoms with E-state index in [-0.39, 0.29) is 17.9 Å². The molecule has 0 bridgehead atoms. The SMILES string of the molecule is CS(=O)(=O)CCCOc1cccc(C(=O)O)c1. The summed E-state index contributed by atoms with van der Waals surface area (Å²) in [5.41, 5.74) is 0.144. The molecule has 1 rings (SSSR count). The summed E-state index contributed by atoms with van der Waals surface area (Å²) in [6.07, 6.45) is 1.55. The molecule has 0 amide bonds. The third-order valence-corrected chi connectivity index (χ3v) is 3.04. The molecule has 1 aromatic carbocycles. The van der Waals surface area contributed by atoms with E-state index in [4.69, 9.17) is 9.84 Å². The number of benzene rings is 1. The van der Waals surface area contributed by atoms with E-state index in [1.165, 1.54) is 12.1 Å². The number of carboxylic acid groups (broad SMARTS) is 1. The Morgan fingerprint density at radius 2 is 2.12 bits per heavy atom. The first-order valence-corrected chi connectivity index (χ1v) is 7.08. The van der Waals surface area contributed by atoms with E-state index >= 15 is 0 Å². The highest BCUT2D eigenvalue weighted by Crippen LogP contribution is 2.13. The second kappa shape index (κ2) is 5.67. The molecule has 1 N–H and O–H groups in total. The van der Waals surface area contributed by atoms with Gasteiger partial charge in [-0.05, 0) is 24.6 Å². The van der Waals surface area contributed by atoms with Gasteiger partial charge in [0.1, 0.15) is 15.6 Å². The first kappa shape index (κ1) is 13.5. The maximum Gasteiger partial charge on any atom is 0.335 e. The first-order chi connectivity index (χ1) is 7.88. The smallest absolute Gasteiger partial charge is 0.335 e. The monoisotopic (exact) mass is 258 g/mol.